The van der Waals surface area contributed by atoms with Crippen LogP contribution in [-0.2, 0) is 4.79 Å². The van der Waals surface area contributed by atoms with Gasteiger partial charge in [0.05, 0.1) is 5.60 Å². The van der Waals surface area contributed by atoms with Crippen molar-refractivity contribution in [1.82, 2.24) is 0 Å². The number of hydrogen-bond acceptors (Lipinski definition) is 2. The molecule has 1 aliphatic carbocycles. The molecule has 4 atom stereocenters. The molecule has 2 heteroatoms. The first kappa shape index (κ1) is 18.6. The van der Waals surface area contributed by atoms with Gasteiger partial charge in [0.1, 0.15) is 6.29 Å². The molecule has 0 spiro atoms. The van der Waals surface area contributed by atoms with Crippen molar-refractivity contribution >= 4 is 6.29 Å². The van der Waals surface area contributed by atoms with Crippen LogP contribution in [0, 0.1) is 17.3 Å². The lowest BCUT2D eigenvalue weighted by molar-refractivity contribution is -0.104. The number of carbonyl (C=O) groups is 1. The van der Waals surface area contributed by atoms with Crippen LogP contribution in [0.2, 0.25) is 0 Å². The van der Waals surface area contributed by atoms with Gasteiger partial charge < -0.3 is 5.11 Å². The van der Waals surface area contributed by atoms with Gasteiger partial charge in [0.15, 0.2) is 0 Å². The first-order valence-electron chi connectivity index (χ1n) is 7.99. The van der Waals surface area contributed by atoms with E-state index >= 15 is 0 Å². The lowest BCUT2D eigenvalue weighted by Gasteiger charge is -2.46. The number of rotatable bonds is 6. The van der Waals surface area contributed by atoms with Gasteiger partial charge in [0.25, 0.3) is 0 Å². The molecule has 0 saturated heterocycles. The van der Waals surface area contributed by atoms with Crippen LogP contribution in [0.3, 0.4) is 0 Å². The van der Waals surface area contributed by atoms with Crippen LogP contribution in [0.1, 0.15) is 47.0 Å². The van der Waals surface area contributed by atoms with E-state index in [9.17, 15) is 9.90 Å². The Hall–Kier alpha value is -1.41. The van der Waals surface area contributed by atoms with E-state index in [1.807, 2.05) is 13.0 Å². The monoisotopic (exact) mass is 302 g/mol. The van der Waals surface area contributed by atoms with Gasteiger partial charge in [-0.25, -0.2) is 0 Å². The molecule has 1 aliphatic rings. The average Bonchev–Trinajstić information content (AvgIpc) is 2.46. The maximum absolute atomic E-state index is 10.8. The lowest BCUT2D eigenvalue weighted by atomic mass is 9.59. The molecule has 0 aliphatic heterocycles. The smallest absolute Gasteiger partial charge is 0.145 e. The molecule has 0 bridgehead atoms. The summed E-state index contributed by atoms with van der Waals surface area (Å²) in [5, 5.41) is 10.8. The Labute approximate surface area is 135 Å². The Morgan fingerprint density at radius 3 is 2.55 bits per heavy atom. The molecular weight excluding hydrogens is 272 g/mol. The summed E-state index contributed by atoms with van der Waals surface area (Å²) < 4.78 is 0. The van der Waals surface area contributed by atoms with Crippen molar-refractivity contribution in [2.24, 2.45) is 17.3 Å². The summed E-state index contributed by atoms with van der Waals surface area (Å²) >= 11 is 0. The zero-order valence-corrected chi connectivity index (χ0v) is 14.4. The minimum atomic E-state index is -0.879. The van der Waals surface area contributed by atoms with Gasteiger partial charge in [-0.2, -0.15) is 0 Å². The van der Waals surface area contributed by atoms with Crippen molar-refractivity contribution in [1.29, 1.82) is 0 Å². The summed E-state index contributed by atoms with van der Waals surface area (Å²) in [6.45, 7) is 16.0. The summed E-state index contributed by atoms with van der Waals surface area (Å²) in [6, 6.07) is 0. The average molecular weight is 302 g/mol. The Balaban J connectivity index is 2.91. The summed E-state index contributed by atoms with van der Waals surface area (Å²) in [7, 11) is 0. The third-order valence-corrected chi connectivity index (χ3v) is 5.21. The molecule has 1 N–H and O–H groups in total. The third kappa shape index (κ3) is 4.30. The maximum Gasteiger partial charge on any atom is 0.145 e. The van der Waals surface area contributed by atoms with E-state index in [0.29, 0.717) is 11.5 Å². The highest BCUT2D eigenvalue weighted by atomic mass is 16.3. The summed E-state index contributed by atoms with van der Waals surface area (Å²) in [5.41, 5.74) is 0.991. The number of aliphatic hydroxyl groups is 1. The molecule has 0 amide bonds. The largest absolute Gasteiger partial charge is 0.386 e. The van der Waals surface area contributed by atoms with Crippen molar-refractivity contribution in [3.8, 4) is 0 Å². The molecule has 1 fully saturated rings. The lowest BCUT2D eigenvalue weighted by Crippen LogP contribution is -2.42. The highest BCUT2D eigenvalue weighted by Crippen LogP contribution is 2.49. The standard InChI is InChI=1S/C20H30O2/c1-7-19(5)12-10-17(13-18(19)15(2)3)20(6,22)11-8-9-16(4)14-21/h7-9,11,14,17-18,22H,1-2,10,12-13H2,3-6H3/b11-8+,16-9+/t17?,18?,19-,20+/m0/s1. The fourth-order valence-corrected chi connectivity index (χ4v) is 3.44. The second kappa shape index (κ2) is 7.23. The molecule has 2 unspecified atom stereocenters. The molecule has 0 radical (unpaired) electrons. The third-order valence-electron chi connectivity index (χ3n) is 5.21. The SMILES string of the molecule is C=C[C@@]1(C)CCC([C@](C)(O)/C=C/C=C(\C)C=O)CC1C(=C)C. The number of hydrogen-bond donors (Lipinski definition) is 1. The molecule has 0 aromatic rings. The normalized spacial score (nSPS) is 32.5. The predicted octanol–water partition coefficient (Wildman–Crippen LogP) is 4.62. The van der Waals surface area contributed by atoms with Crippen LogP contribution in [0.15, 0.2) is 48.6 Å². The summed E-state index contributed by atoms with van der Waals surface area (Å²) in [6.07, 6.45) is 11.0. The van der Waals surface area contributed by atoms with Gasteiger partial charge in [-0.05, 0) is 62.9 Å². The van der Waals surface area contributed by atoms with E-state index in [-0.39, 0.29) is 11.3 Å². The van der Waals surface area contributed by atoms with Crippen molar-refractivity contribution in [3.63, 3.8) is 0 Å². The minimum absolute atomic E-state index is 0.0656. The highest BCUT2D eigenvalue weighted by molar-refractivity contribution is 5.72. The first-order valence-corrected chi connectivity index (χ1v) is 7.99. The van der Waals surface area contributed by atoms with Crippen molar-refractivity contribution in [3.05, 3.63) is 48.6 Å². The van der Waals surface area contributed by atoms with E-state index in [1.165, 1.54) is 0 Å². The highest BCUT2D eigenvalue weighted by Gasteiger charge is 2.42. The molecule has 122 valence electrons. The summed E-state index contributed by atoms with van der Waals surface area (Å²) in [4.78, 5) is 10.6. The Morgan fingerprint density at radius 1 is 1.41 bits per heavy atom. The van der Waals surface area contributed by atoms with Crippen LogP contribution in [0.5, 0.6) is 0 Å². The van der Waals surface area contributed by atoms with E-state index in [0.717, 1.165) is 31.1 Å². The van der Waals surface area contributed by atoms with Crippen LogP contribution in [0.25, 0.3) is 0 Å². The molecule has 0 aromatic carbocycles. The number of aldehydes is 1. The zero-order chi connectivity index (χ0) is 17.0. The predicted molar refractivity (Wildman–Crippen MR) is 93.5 cm³/mol. The fraction of sp³-hybridized carbons (Fsp3) is 0.550. The van der Waals surface area contributed by atoms with E-state index in [1.54, 1.807) is 25.2 Å². The van der Waals surface area contributed by atoms with Gasteiger partial charge in [0, 0.05) is 0 Å². The van der Waals surface area contributed by atoms with Gasteiger partial charge in [-0.15, -0.1) is 6.58 Å². The number of allylic oxidation sites excluding steroid dienone is 5. The van der Waals surface area contributed by atoms with E-state index in [2.05, 4.69) is 27.0 Å². The van der Waals surface area contributed by atoms with Crippen molar-refractivity contribution in [2.45, 2.75) is 52.6 Å². The fourth-order valence-electron chi connectivity index (χ4n) is 3.44. The van der Waals surface area contributed by atoms with E-state index < -0.39 is 5.60 Å². The van der Waals surface area contributed by atoms with Gasteiger partial charge in [-0.1, -0.05) is 43.4 Å². The summed E-state index contributed by atoms with van der Waals surface area (Å²) in [5.74, 6) is 0.527. The van der Waals surface area contributed by atoms with Crippen LogP contribution < -0.4 is 0 Å². The molecule has 0 aromatic heterocycles. The van der Waals surface area contributed by atoms with Crippen LogP contribution >= 0.6 is 0 Å². The molecule has 0 heterocycles. The minimum Gasteiger partial charge on any atom is -0.386 e. The van der Waals surface area contributed by atoms with Crippen LogP contribution in [-0.4, -0.2) is 17.0 Å². The van der Waals surface area contributed by atoms with Gasteiger partial charge in [0.2, 0.25) is 0 Å². The molecular formula is C20H30O2. The van der Waals surface area contributed by atoms with Gasteiger partial charge >= 0.3 is 0 Å². The molecule has 22 heavy (non-hydrogen) atoms. The Bertz CT molecular complexity index is 496. The topological polar surface area (TPSA) is 37.3 Å². The van der Waals surface area contributed by atoms with Crippen molar-refractivity contribution in [2.75, 3.05) is 0 Å². The number of carbonyl (C=O) groups excluding carboxylic acids is 1. The van der Waals surface area contributed by atoms with Crippen LogP contribution in [0.4, 0.5) is 0 Å². The Kier molecular flexibility index (Phi) is 6.13. The second-order valence-electron chi connectivity index (χ2n) is 7.19. The van der Waals surface area contributed by atoms with E-state index in [4.69, 9.17) is 0 Å². The maximum atomic E-state index is 10.8. The first-order chi connectivity index (χ1) is 10.2. The molecule has 2 nitrogen and oxygen atoms in total. The van der Waals surface area contributed by atoms with Gasteiger partial charge in [-0.3, -0.25) is 4.79 Å². The zero-order valence-electron chi connectivity index (χ0n) is 14.4. The molecule has 1 saturated carbocycles. The van der Waals surface area contributed by atoms with Crippen molar-refractivity contribution < 1.29 is 9.90 Å². The Morgan fingerprint density at radius 2 is 2.05 bits per heavy atom. The molecule has 1 rings (SSSR count). The second-order valence-corrected chi connectivity index (χ2v) is 7.19. The quantitative estimate of drug-likeness (QED) is 0.336.